The molecule has 0 aliphatic rings. The summed E-state index contributed by atoms with van der Waals surface area (Å²) >= 11 is 3.27. The van der Waals surface area contributed by atoms with Crippen molar-refractivity contribution in [3.05, 3.63) is 29.7 Å². The Morgan fingerprint density at radius 1 is 1.46 bits per heavy atom. The van der Waals surface area contributed by atoms with Crippen LogP contribution in [-0.2, 0) is 11.9 Å². The van der Waals surface area contributed by atoms with E-state index >= 15 is 0 Å². The van der Waals surface area contributed by atoms with Crippen molar-refractivity contribution < 1.29 is 9.52 Å². The molecule has 1 N–H and O–H groups in total. The number of aliphatic hydroxyl groups excluding tert-OH is 1. The van der Waals surface area contributed by atoms with Gasteiger partial charge in [0, 0.05) is 0 Å². The van der Waals surface area contributed by atoms with E-state index in [1.165, 1.54) is 0 Å². The van der Waals surface area contributed by atoms with Crippen LogP contribution in [0.3, 0.4) is 0 Å². The third kappa shape index (κ3) is 1.59. The molecule has 68 valence electrons. The molecule has 13 heavy (non-hydrogen) atoms. The van der Waals surface area contributed by atoms with Gasteiger partial charge < -0.3 is 9.52 Å². The van der Waals surface area contributed by atoms with Gasteiger partial charge in [-0.1, -0.05) is 22.0 Å². The van der Waals surface area contributed by atoms with Crippen LogP contribution in [0.15, 0.2) is 22.6 Å². The lowest BCUT2D eigenvalue weighted by Gasteiger charge is -1.92. The van der Waals surface area contributed by atoms with Gasteiger partial charge in [0.05, 0.1) is 11.9 Å². The van der Waals surface area contributed by atoms with Gasteiger partial charge in [0.15, 0.2) is 5.58 Å². The second-order valence-corrected chi connectivity index (χ2v) is 3.26. The van der Waals surface area contributed by atoms with Crippen LogP contribution >= 0.6 is 15.9 Å². The molecule has 1 aromatic heterocycles. The second kappa shape index (κ2) is 3.47. The van der Waals surface area contributed by atoms with E-state index in [4.69, 9.17) is 9.52 Å². The van der Waals surface area contributed by atoms with Crippen molar-refractivity contribution in [2.75, 3.05) is 0 Å². The highest BCUT2D eigenvalue weighted by atomic mass is 79.9. The van der Waals surface area contributed by atoms with Crippen LogP contribution in [0.1, 0.15) is 11.5 Å². The molecule has 0 amide bonds. The Labute approximate surface area is 83.5 Å². The lowest BCUT2D eigenvalue weighted by atomic mass is 10.2. The number of hydrogen-bond donors (Lipinski definition) is 1. The number of aromatic nitrogens is 1. The van der Waals surface area contributed by atoms with Crippen LogP contribution in [0.2, 0.25) is 0 Å². The summed E-state index contributed by atoms with van der Waals surface area (Å²) in [5, 5.41) is 9.50. The Balaban J connectivity index is 2.57. The van der Waals surface area contributed by atoms with E-state index in [9.17, 15) is 0 Å². The molecule has 0 radical (unpaired) electrons. The molecule has 0 aliphatic heterocycles. The number of halogens is 1. The largest absolute Gasteiger partial charge is 0.440 e. The lowest BCUT2D eigenvalue weighted by Crippen LogP contribution is -1.80. The number of benzene rings is 1. The maximum atomic E-state index is 8.89. The topological polar surface area (TPSA) is 46.3 Å². The molecule has 1 aromatic carbocycles. The van der Waals surface area contributed by atoms with E-state index < -0.39 is 0 Å². The van der Waals surface area contributed by atoms with Gasteiger partial charge in [-0.3, -0.25) is 0 Å². The maximum Gasteiger partial charge on any atom is 0.206 e. The fourth-order valence-electron chi connectivity index (χ4n) is 1.17. The Morgan fingerprint density at radius 2 is 2.31 bits per heavy atom. The van der Waals surface area contributed by atoms with Crippen molar-refractivity contribution in [1.82, 2.24) is 4.98 Å². The van der Waals surface area contributed by atoms with Crippen LogP contribution in [0.4, 0.5) is 0 Å². The van der Waals surface area contributed by atoms with Crippen molar-refractivity contribution in [2.24, 2.45) is 0 Å². The smallest absolute Gasteiger partial charge is 0.206 e. The number of fused-ring (bicyclic) bond motifs is 1. The van der Waals surface area contributed by atoms with Gasteiger partial charge in [-0.05, 0) is 17.7 Å². The average molecular weight is 242 g/mol. The van der Waals surface area contributed by atoms with E-state index in [-0.39, 0.29) is 6.61 Å². The van der Waals surface area contributed by atoms with Crippen LogP contribution in [0, 0.1) is 0 Å². The molecular formula is C9H8BrNO2. The zero-order chi connectivity index (χ0) is 9.26. The van der Waals surface area contributed by atoms with Gasteiger partial charge in [0.2, 0.25) is 5.89 Å². The fourth-order valence-corrected chi connectivity index (χ4v) is 1.41. The molecule has 2 aromatic rings. The zero-order valence-corrected chi connectivity index (χ0v) is 8.41. The van der Waals surface area contributed by atoms with Gasteiger partial charge in [-0.25, -0.2) is 4.98 Å². The summed E-state index contributed by atoms with van der Waals surface area (Å²) in [4.78, 5) is 4.21. The monoisotopic (exact) mass is 241 g/mol. The highest BCUT2D eigenvalue weighted by Crippen LogP contribution is 2.18. The summed E-state index contributed by atoms with van der Waals surface area (Å²) in [7, 11) is 0. The Bertz CT molecular complexity index is 422. The van der Waals surface area contributed by atoms with Crippen molar-refractivity contribution in [3.8, 4) is 0 Å². The van der Waals surface area contributed by atoms with Crippen LogP contribution in [0.25, 0.3) is 11.1 Å². The normalized spacial score (nSPS) is 10.9. The van der Waals surface area contributed by atoms with Crippen molar-refractivity contribution in [1.29, 1.82) is 0 Å². The van der Waals surface area contributed by atoms with Crippen LogP contribution in [0.5, 0.6) is 0 Å². The highest BCUT2D eigenvalue weighted by molar-refractivity contribution is 9.08. The maximum absolute atomic E-state index is 8.89. The summed E-state index contributed by atoms with van der Waals surface area (Å²) < 4.78 is 5.39. The zero-order valence-electron chi connectivity index (χ0n) is 6.83. The molecule has 0 saturated heterocycles. The molecule has 0 atom stereocenters. The first-order chi connectivity index (χ1) is 6.33. The van der Waals surface area contributed by atoms with Gasteiger partial charge in [0.25, 0.3) is 0 Å². The Kier molecular flexibility index (Phi) is 2.33. The summed E-state index contributed by atoms with van der Waals surface area (Å²) in [5.41, 5.74) is 2.39. The van der Waals surface area contributed by atoms with Gasteiger partial charge in [-0.2, -0.15) is 0 Å². The molecule has 3 nitrogen and oxygen atoms in total. The SMILES string of the molecule is OCc1ccc2nc(CBr)oc2c1. The first-order valence-corrected chi connectivity index (χ1v) is 5.01. The minimum absolute atomic E-state index is 0.0281. The molecule has 0 unspecified atom stereocenters. The minimum atomic E-state index is 0.0281. The highest BCUT2D eigenvalue weighted by Gasteiger charge is 2.04. The van der Waals surface area contributed by atoms with E-state index in [0.29, 0.717) is 11.2 Å². The van der Waals surface area contributed by atoms with Gasteiger partial charge >= 0.3 is 0 Å². The molecular weight excluding hydrogens is 234 g/mol. The molecule has 4 heteroatoms. The number of oxazole rings is 1. The van der Waals surface area contributed by atoms with Crippen LogP contribution in [-0.4, -0.2) is 10.1 Å². The van der Waals surface area contributed by atoms with E-state index in [1.807, 2.05) is 12.1 Å². The number of alkyl halides is 1. The second-order valence-electron chi connectivity index (χ2n) is 2.70. The number of aliphatic hydroxyl groups is 1. The van der Waals surface area contributed by atoms with E-state index in [2.05, 4.69) is 20.9 Å². The third-order valence-corrected chi connectivity index (χ3v) is 2.27. The van der Waals surface area contributed by atoms with Crippen molar-refractivity contribution in [3.63, 3.8) is 0 Å². The molecule has 1 heterocycles. The van der Waals surface area contributed by atoms with Crippen LogP contribution < -0.4 is 0 Å². The minimum Gasteiger partial charge on any atom is -0.440 e. The summed E-state index contributed by atoms with van der Waals surface area (Å²) in [6.45, 7) is 0.0281. The summed E-state index contributed by atoms with van der Waals surface area (Å²) in [6, 6.07) is 5.48. The predicted octanol–water partition coefficient (Wildman–Crippen LogP) is 2.21. The first-order valence-electron chi connectivity index (χ1n) is 3.88. The first kappa shape index (κ1) is 8.72. The molecule has 0 bridgehead atoms. The van der Waals surface area contributed by atoms with Gasteiger partial charge in [0.1, 0.15) is 5.52 Å². The molecule has 0 spiro atoms. The third-order valence-electron chi connectivity index (χ3n) is 1.79. The number of nitrogens with zero attached hydrogens (tertiary/aromatic N) is 1. The van der Waals surface area contributed by atoms with E-state index in [0.717, 1.165) is 16.7 Å². The van der Waals surface area contributed by atoms with E-state index in [1.54, 1.807) is 6.07 Å². The lowest BCUT2D eigenvalue weighted by molar-refractivity contribution is 0.282. The number of rotatable bonds is 2. The quantitative estimate of drug-likeness (QED) is 0.821. The Morgan fingerprint density at radius 3 is 3.00 bits per heavy atom. The predicted molar refractivity (Wildman–Crippen MR) is 52.6 cm³/mol. The average Bonchev–Trinajstić information content (AvgIpc) is 2.58. The Hall–Kier alpha value is -0.870. The summed E-state index contributed by atoms with van der Waals surface area (Å²) in [6.07, 6.45) is 0. The van der Waals surface area contributed by atoms with Crippen molar-refractivity contribution >= 4 is 27.0 Å². The standard InChI is InChI=1S/C9H8BrNO2/c10-4-9-11-7-2-1-6(5-12)3-8(7)13-9/h1-3,12H,4-5H2. The summed E-state index contributed by atoms with van der Waals surface area (Å²) in [5.74, 6) is 0.657. The van der Waals surface area contributed by atoms with Crippen molar-refractivity contribution in [2.45, 2.75) is 11.9 Å². The molecule has 0 saturated carbocycles. The molecule has 2 rings (SSSR count). The fraction of sp³-hybridized carbons (Fsp3) is 0.222. The molecule has 0 aliphatic carbocycles. The number of hydrogen-bond acceptors (Lipinski definition) is 3. The molecule has 0 fully saturated rings. The van der Waals surface area contributed by atoms with Gasteiger partial charge in [-0.15, -0.1) is 0 Å².